The molecule has 0 saturated carbocycles. The van der Waals surface area contributed by atoms with Crippen LogP contribution in [0, 0.1) is 11.7 Å². The van der Waals surface area contributed by atoms with Gasteiger partial charge in [-0.25, -0.2) is 4.39 Å². The van der Waals surface area contributed by atoms with Crippen LogP contribution in [0.1, 0.15) is 5.69 Å². The maximum absolute atomic E-state index is 13.1. The first-order chi connectivity index (χ1) is 13.1. The summed E-state index contributed by atoms with van der Waals surface area (Å²) in [6.45, 7) is 2.25. The Hall–Kier alpha value is -3.22. The highest BCUT2D eigenvalue weighted by Crippen LogP contribution is 2.23. The Balaban J connectivity index is 1.39. The van der Waals surface area contributed by atoms with Crippen LogP contribution in [0.3, 0.4) is 0 Å². The molecule has 3 heterocycles. The average Bonchev–Trinajstić information content (AvgIpc) is 3.13. The van der Waals surface area contributed by atoms with Crippen molar-refractivity contribution >= 4 is 11.6 Å². The number of rotatable bonds is 5. The standard InChI is InChI=1S/C20H20FN5O/c21-16-4-2-15(3-5-16)18-7-6-17(22)19(24-18)10-20(27)25-11-14(12-25)13-26-9-1-8-23-26/h1-9,14H,10-13,22H2. The SMILES string of the molecule is Nc1ccc(-c2ccc(F)cc2)nc1CC(=O)N1CC(Cn2cccn2)C1. The number of halogens is 1. The van der Waals surface area contributed by atoms with Crippen LogP contribution in [-0.2, 0) is 17.8 Å². The van der Waals surface area contributed by atoms with E-state index in [-0.39, 0.29) is 18.1 Å². The fraction of sp³-hybridized carbons (Fsp3) is 0.250. The molecule has 0 atom stereocenters. The smallest absolute Gasteiger partial charge is 0.228 e. The number of carbonyl (C=O) groups excluding carboxylic acids is 1. The lowest BCUT2D eigenvalue weighted by Gasteiger charge is -2.39. The van der Waals surface area contributed by atoms with Crippen LogP contribution in [0.25, 0.3) is 11.3 Å². The Kier molecular flexibility index (Phi) is 4.58. The number of nitrogen functional groups attached to an aromatic ring is 1. The zero-order chi connectivity index (χ0) is 18.8. The van der Waals surface area contributed by atoms with Crippen molar-refractivity contribution in [3.05, 3.63) is 66.4 Å². The van der Waals surface area contributed by atoms with Crippen molar-refractivity contribution in [3.8, 4) is 11.3 Å². The highest BCUT2D eigenvalue weighted by molar-refractivity contribution is 5.81. The number of amides is 1. The first-order valence-electron chi connectivity index (χ1n) is 8.85. The number of aromatic nitrogens is 3. The van der Waals surface area contributed by atoms with Crippen molar-refractivity contribution in [1.29, 1.82) is 0 Å². The van der Waals surface area contributed by atoms with Gasteiger partial charge >= 0.3 is 0 Å². The number of benzene rings is 1. The third-order valence-corrected chi connectivity index (χ3v) is 4.78. The highest BCUT2D eigenvalue weighted by atomic mass is 19.1. The summed E-state index contributed by atoms with van der Waals surface area (Å²) in [7, 11) is 0. The molecule has 1 amide bonds. The van der Waals surface area contributed by atoms with Gasteiger partial charge in [0.25, 0.3) is 0 Å². The number of hydrogen-bond donors (Lipinski definition) is 1. The summed E-state index contributed by atoms with van der Waals surface area (Å²) in [6.07, 6.45) is 3.84. The van der Waals surface area contributed by atoms with Crippen molar-refractivity contribution in [2.24, 2.45) is 5.92 Å². The van der Waals surface area contributed by atoms with E-state index < -0.39 is 0 Å². The van der Waals surface area contributed by atoms with Gasteiger partial charge in [0, 0.05) is 43.5 Å². The van der Waals surface area contributed by atoms with E-state index in [1.807, 2.05) is 21.8 Å². The summed E-state index contributed by atoms with van der Waals surface area (Å²) in [4.78, 5) is 18.9. The van der Waals surface area contributed by atoms with E-state index in [9.17, 15) is 9.18 Å². The van der Waals surface area contributed by atoms with Crippen LogP contribution in [0.15, 0.2) is 54.9 Å². The van der Waals surface area contributed by atoms with Gasteiger partial charge in [-0.1, -0.05) is 0 Å². The molecule has 6 nitrogen and oxygen atoms in total. The monoisotopic (exact) mass is 365 g/mol. The van der Waals surface area contributed by atoms with Crippen molar-refractivity contribution in [3.63, 3.8) is 0 Å². The van der Waals surface area contributed by atoms with Gasteiger partial charge < -0.3 is 10.6 Å². The van der Waals surface area contributed by atoms with E-state index in [4.69, 9.17) is 5.73 Å². The molecule has 3 aromatic rings. The molecule has 4 rings (SSSR count). The van der Waals surface area contributed by atoms with E-state index in [2.05, 4.69) is 10.1 Å². The minimum atomic E-state index is -0.299. The van der Waals surface area contributed by atoms with Crippen molar-refractivity contribution in [2.75, 3.05) is 18.8 Å². The number of likely N-dealkylation sites (tertiary alicyclic amines) is 1. The van der Waals surface area contributed by atoms with E-state index in [0.29, 0.717) is 23.0 Å². The molecular weight excluding hydrogens is 345 g/mol. The molecule has 27 heavy (non-hydrogen) atoms. The first-order valence-corrected chi connectivity index (χ1v) is 8.85. The lowest BCUT2D eigenvalue weighted by molar-refractivity contribution is -0.137. The minimum absolute atomic E-state index is 0.0159. The first kappa shape index (κ1) is 17.2. The molecule has 0 unspecified atom stereocenters. The van der Waals surface area contributed by atoms with E-state index in [0.717, 1.165) is 25.2 Å². The molecule has 1 aliphatic heterocycles. The zero-order valence-electron chi connectivity index (χ0n) is 14.8. The van der Waals surface area contributed by atoms with Gasteiger partial charge in [-0.3, -0.25) is 14.5 Å². The average molecular weight is 365 g/mol. The number of carbonyl (C=O) groups is 1. The van der Waals surface area contributed by atoms with Crippen LogP contribution in [0.5, 0.6) is 0 Å². The molecular formula is C20H20FN5O. The predicted molar refractivity (Wildman–Crippen MR) is 100 cm³/mol. The number of anilines is 1. The third kappa shape index (κ3) is 3.81. The summed E-state index contributed by atoms with van der Waals surface area (Å²) in [6, 6.07) is 11.5. The number of nitrogens with zero attached hydrogens (tertiary/aromatic N) is 4. The van der Waals surface area contributed by atoms with Crippen molar-refractivity contribution < 1.29 is 9.18 Å². The molecule has 7 heteroatoms. The second kappa shape index (κ2) is 7.19. The Bertz CT molecular complexity index is 934. The van der Waals surface area contributed by atoms with Crippen molar-refractivity contribution in [2.45, 2.75) is 13.0 Å². The van der Waals surface area contributed by atoms with Gasteiger partial charge in [0.15, 0.2) is 0 Å². The fourth-order valence-electron chi connectivity index (χ4n) is 3.25. The van der Waals surface area contributed by atoms with Gasteiger partial charge in [0.2, 0.25) is 5.91 Å². The van der Waals surface area contributed by atoms with E-state index in [1.54, 1.807) is 30.5 Å². The Morgan fingerprint density at radius 1 is 1.19 bits per heavy atom. The topological polar surface area (TPSA) is 77.0 Å². The molecule has 2 N–H and O–H groups in total. The normalized spacial score (nSPS) is 14.2. The summed E-state index contributed by atoms with van der Waals surface area (Å²) in [5.41, 5.74) is 8.51. The number of hydrogen-bond acceptors (Lipinski definition) is 4. The maximum Gasteiger partial charge on any atom is 0.228 e. The third-order valence-electron chi connectivity index (χ3n) is 4.78. The quantitative estimate of drug-likeness (QED) is 0.753. The van der Waals surface area contributed by atoms with Crippen molar-refractivity contribution in [1.82, 2.24) is 19.7 Å². The van der Waals surface area contributed by atoms with E-state index >= 15 is 0 Å². The molecule has 0 radical (unpaired) electrons. The molecule has 1 saturated heterocycles. The maximum atomic E-state index is 13.1. The zero-order valence-corrected chi connectivity index (χ0v) is 14.8. The Morgan fingerprint density at radius 3 is 2.67 bits per heavy atom. The van der Waals surface area contributed by atoms with Crippen LogP contribution in [0.2, 0.25) is 0 Å². The number of nitrogens with two attached hydrogens (primary N) is 1. The molecule has 1 aromatic carbocycles. The predicted octanol–water partition coefficient (Wildman–Crippen LogP) is 2.37. The summed E-state index contributed by atoms with van der Waals surface area (Å²) in [5.74, 6) is 0.138. The highest BCUT2D eigenvalue weighted by Gasteiger charge is 2.31. The fourth-order valence-corrected chi connectivity index (χ4v) is 3.25. The van der Waals surface area contributed by atoms with Crippen LogP contribution in [-0.4, -0.2) is 38.7 Å². The molecule has 0 bridgehead atoms. The summed E-state index contributed by atoms with van der Waals surface area (Å²) in [5, 5.41) is 4.19. The molecule has 0 aliphatic carbocycles. The largest absolute Gasteiger partial charge is 0.397 e. The van der Waals surface area contributed by atoms with Gasteiger partial charge in [-0.2, -0.15) is 5.10 Å². The Labute approximate surface area is 156 Å². The van der Waals surface area contributed by atoms with Crippen LogP contribution >= 0.6 is 0 Å². The van der Waals surface area contributed by atoms with E-state index in [1.165, 1.54) is 12.1 Å². The van der Waals surface area contributed by atoms with Crippen LogP contribution in [0.4, 0.5) is 10.1 Å². The lowest BCUT2D eigenvalue weighted by atomic mass is 9.99. The molecule has 1 fully saturated rings. The molecule has 2 aromatic heterocycles. The van der Waals surface area contributed by atoms with Gasteiger partial charge in [-0.15, -0.1) is 0 Å². The second-order valence-electron chi connectivity index (χ2n) is 6.81. The molecule has 1 aliphatic rings. The number of pyridine rings is 1. The Morgan fingerprint density at radius 2 is 1.96 bits per heavy atom. The molecule has 0 spiro atoms. The minimum Gasteiger partial charge on any atom is -0.397 e. The van der Waals surface area contributed by atoms with Gasteiger partial charge in [0.05, 0.1) is 23.5 Å². The van der Waals surface area contributed by atoms with Crippen LogP contribution < -0.4 is 5.73 Å². The summed E-state index contributed by atoms with van der Waals surface area (Å²) >= 11 is 0. The van der Waals surface area contributed by atoms with Gasteiger partial charge in [-0.05, 0) is 42.5 Å². The molecule has 138 valence electrons. The van der Waals surface area contributed by atoms with Gasteiger partial charge in [0.1, 0.15) is 5.82 Å². The summed E-state index contributed by atoms with van der Waals surface area (Å²) < 4.78 is 15.0. The lowest BCUT2D eigenvalue weighted by Crippen LogP contribution is -2.52. The second-order valence-corrected chi connectivity index (χ2v) is 6.81.